The van der Waals surface area contributed by atoms with Gasteiger partial charge in [0, 0.05) is 48.5 Å². The summed E-state index contributed by atoms with van der Waals surface area (Å²) in [5.74, 6) is 0.0372. The average molecular weight is 715 g/mol. The normalized spacial score (nSPS) is 12.2. The molecule has 11 nitrogen and oxygen atoms in total. The van der Waals surface area contributed by atoms with E-state index in [2.05, 4.69) is 29.5 Å². The molecule has 0 bridgehead atoms. The fraction of sp³-hybridized carbons (Fsp3) is 0.439. The Morgan fingerprint density at radius 1 is 0.808 bits per heavy atom. The van der Waals surface area contributed by atoms with E-state index in [9.17, 15) is 19.6 Å². The van der Waals surface area contributed by atoms with Gasteiger partial charge in [-0.2, -0.15) is 0 Å². The van der Waals surface area contributed by atoms with Crippen molar-refractivity contribution >= 4 is 28.6 Å². The first kappa shape index (κ1) is 39.8. The number of carbonyl (C=O) groups is 3. The van der Waals surface area contributed by atoms with Crippen LogP contribution in [0.5, 0.6) is 17.2 Å². The number of nitrogens with one attached hydrogen (secondary N) is 4. The summed E-state index contributed by atoms with van der Waals surface area (Å²) in [5.41, 5.74) is 5.49. The van der Waals surface area contributed by atoms with Gasteiger partial charge < -0.3 is 29.8 Å². The van der Waals surface area contributed by atoms with Crippen LogP contribution in [0, 0.1) is 5.92 Å². The highest BCUT2D eigenvalue weighted by molar-refractivity contribution is 5.91. The van der Waals surface area contributed by atoms with Crippen molar-refractivity contribution in [2.75, 3.05) is 26.9 Å². The fourth-order valence-corrected chi connectivity index (χ4v) is 6.02. The van der Waals surface area contributed by atoms with E-state index in [0.29, 0.717) is 45.4 Å². The number of para-hydroxylation sites is 1. The predicted octanol–water partition coefficient (Wildman–Crippen LogP) is 6.46. The zero-order chi connectivity index (χ0) is 37.1. The Balaban J connectivity index is 1.47. The number of hydrogen-bond acceptors (Lipinski definition) is 7. The molecule has 5 N–H and O–H groups in total. The van der Waals surface area contributed by atoms with Gasteiger partial charge in [-0.1, -0.05) is 57.0 Å². The number of unbranched alkanes of at least 4 members (excludes halogenated alkanes) is 2. The lowest BCUT2D eigenvalue weighted by Gasteiger charge is -2.22. The maximum Gasteiger partial charge on any atom is 0.244 e. The molecule has 4 aromatic rings. The van der Waals surface area contributed by atoms with Gasteiger partial charge in [0.15, 0.2) is 0 Å². The number of fused-ring (bicyclic) bond motifs is 1. The molecule has 1 aromatic heterocycles. The van der Waals surface area contributed by atoms with E-state index in [1.165, 1.54) is 0 Å². The first-order chi connectivity index (χ1) is 25.3. The number of ether oxygens (including phenoxy) is 3. The molecule has 3 aromatic carbocycles. The predicted molar refractivity (Wildman–Crippen MR) is 202 cm³/mol. The van der Waals surface area contributed by atoms with E-state index in [-0.39, 0.29) is 18.7 Å². The van der Waals surface area contributed by atoms with Crippen LogP contribution in [-0.2, 0) is 33.6 Å². The van der Waals surface area contributed by atoms with Crippen LogP contribution in [0.3, 0.4) is 0 Å². The summed E-state index contributed by atoms with van der Waals surface area (Å²) in [4.78, 5) is 43.2. The third kappa shape index (κ3) is 12.6. The maximum atomic E-state index is 13.9. The minimum absolute atomic E-state index is 0.217. The summed E-state index contributed by atoms with van der Waals surface area (Å²) >= 11 is 0. The van der Waals surface area contributed by atoms with Crippen LogP contribution in [0.1, 0.15) is 75.5 Å². The number of aromatic amines is 1. The molecule has 1 heterocycles. The molecule has 2 atom stereocenters. The molecule has 0 aliphatic heterocycles. The van der Waals surface area contributed by atoms with Crippen LogP contribution in [0.25, 0.3) is 10.9 Å². The summed E-state index contributed by atoms with van der Waals surface area (Å²) in [6.45, 7) is 5.79. The lowest BCUT2D eigenvalue weighted by molar-refractivity contribution is -0.136. The van der Waals surface area contributed by atoms with Gasteiger partial charge in [0.1, 0.15) is 23.3 Å². The number of aromatic nitrogens is 1. The molecule has 0 aliphatic carbocycles. The van der Waals surface area contributed by atoms with Crippen molar-refractivity contribution in [1.82, 2.24) is 21.1 Å². The summed E-state index contributed by atoms with van der Waals surface area (Å²) < 4.78 is 17.2. The Bertz CT molecular complexity index is 1680. The first-order valence-corrected chi connectivity index (χ1v) is 18.4. The Morgan fingerprint density at radius 2 is 1.50 bits per heavy atom. The number of amides is 3. The second-order valence-corrected chi connectivity index (χ2v) is 13.1. The summed E-state index contributed by atoms with van der Waals surface area (Å²) in [7, 11) is 1.61. The number of carbonyl (C=O) groups excluding carboxylic acids is 3. The molecule has 0 radical (unpaired) electrons. The van der Waals surface area contributed by atoms with Gasteiger partial charge in [0.2, 0.25) is 17.7 Å². The topological polar surface area (TPSA) is 151 Å². The number of benzene rings is 3. The van der Waals surface area contributed by atoms with Crippen molar-refractivity contribution in [3.05, 3.63) is 89.6 Å². The van der Waals surface area contributed by atoms with E-state index in [4.69, 9.17) is 14.2 Å². The molecule has 3 amide bonds. The second-order valence-electron chi connectivity index (χ2n) is 13.1. The molecule has 4 rings (SSSR count). The molecule has 0 aliphatic rings. The fourth-order valence-electron chi connectivity index (χ4n) is 6.02. The molecular formula is C41H54N4O7. The van der Waals surface area contributed by atoms with Gasteiger partial charge in [-0.25, -0.2) is 5.48 Å². The molecule has 0 unspecified atom stereocenters. The largest absolute Gasteiger partial charge is 0.497 e. The van der Waals surface area contributed by atoms with E-state index < -0.39 is 23.8 Å². The second kappa shape index (κ2) is 21.4. The molecule has 0 fully saturated rings. The number of hydroxylamine groups is 1. The van der Waals surface area contributed by atoms with Gasteiger partial charge in [-0.3, -0.25) is 19.6 Å². The van der Waals surface area contributed by atoms with Gasteiger partial charge in [-0.05, 0) is 85.5 Å². The van der Waals surface area contributed by atoms with Crippen LogP contribution >= 0.6 is 0 Å². The van der Waals surface area contributed by atoms with Crippen molar-refractivity contribution in [2.24, 2.45) is 5.92 Å². The number of H-pyrrole nitrogens is 1. The lowest BCUT2D eigenvalue weighted by atomic mass is 9.94. The van der Waals surface area contributed by atoms with Gasteiger partial charge in [-0.15, -0.1) is 0 Å². The number of rotatable bonds is 23. The quantitative estimate of drug-likeness (QED) is 0.0336. The molecular weight excluding hydrogens is 660 g/mol. The number of aryl methyl sites for hydroxylation is 1. The van der Waals surface area contributed by atoms with Crippen molar-refractivity contribution < 1.29 is 33.8 Å². The van der Waals surface area contributed by atoms with Crippen molar-refractivity contribution in [2.45, 2.75) is 84.1 Å². The average Bonchev–Trinajstić information content (AvgIpc) is 3.57. The van der Waals surface area contributed by atoms with Gasteiger partial charge >= 0.3 is 0 Å². The van der Waals surface area contributed by atoms with Gasteiger partial charge in [0.25, 0.3) is 0 Å². The minimum atomic E-state index is -0.912. The van der Waals surface area contributed by atoms with Crippen LogP contribution in [0.15, 0.2) is 72.9 Å². The Morgan fingerprint density at radius 3 is 2.15 bits per heavy atom. The number of methoxy groups -OCH3 is 1. The smallest absolute Gasteiger partial charge is 0.244 e. The SMILES string of the molecule is CCCCOc1cc(CCNC(=O)[C@H](Cc2c[nH]c3ccccc23)NC(=O)[C@H](CCCc2ccc(OC)cc2)CC(=O)NO)cc(OCCCC)c1. The third-order valence-corrected chi connectivity index (χ3v) is 9.02. The highest BCUT2D eigenvalue weighted by Gasteiger charge is 2.28. The molecule has 52 heavy (non-hydrogen) atoms. The monoisotopic (exact) mass is 714 g/mol. The maximum absolute atomic E-state index is 13.9. The van der Waals surface area contributed by atoms with E-state index in [1.807, 2.05) is 72.9 Å². The minimum Gasteiger partial charge on any atom is -0.497 e. The van der Waals surface area contributed by atoms with Gasteiger partial charge in [0.05, 0.1) is 20.3 Å². The zero-order valence-corrected chi connectivity index (χ0v) is 30.7. The zero-order valence-electron chi connectivity index (χ0n) is 30.7. The summed E-state index contributed by atoms with van der Waals surface area (Å²) in [6, 6.07) is 20.4. The van der Waals surface area contributed by atoms with Crippen molar-refractivity contribution in [3.8, 4) is 17.2 Å². The van der Waals surface area contributed by atoms with Crippen LogP contribution in [-0.4, -0.2) is 60.8 Å². The first-order valence-electron chi connectivity index (χ1n) is 18.4. The molecule has 11 heteroatoms. The van der Waals surface area contributed by atoms with Crippen LogP contribution < -0.4 is 30.3 Å². The standard InChI is InChI=1S/C41H54N4O7/c1-4-6-21-51-34-23-30(24-35(27-34)52-22-7-5-2)19-20-42-41(48)38(25-32-28-43-37-14-9-8-13-36(32)37)44-40(47)31(26-39(46)45-49)12-10-11-29-15-17-33(50-3)18-16-29/h8-9,13-18,23-24,27-28,31,38,43,49H,4-7,10-12,19-22,25-26H2,1-3H3,(H,42,48)(H,44,47)(H,45,46)/t31-,38+/m1/s1. The third-order valence-electron chi connectivity index (χ3n) is 9.02. The van der Waals surface area contributed by atoms with Crippen molar-refractivity contribution in [3.63, 3.8) is 0 Å². The molecule has 280 valence electrons. The van der Waals surface area contributed by atoms with Crippen LogP contribution in [0.2, 0.25) is 0 Å². The Hall–Kier alpha value is -5.03. The van der Waals surface area contributed by atoms with E-state index in [0.717, 1.165) is 70.5 Å². The highest BCUT2D eigenvalue weighted by Crippen LogP contribution is 2.25. The summed E-state index contributed by atoms with van der Waals surface area (Å²) in [6.07, 6.45) is 8.04. The highest BCUT2D eigenvalue weighted by atomic mass is 16.5. The summed E-state index contributed by atoms with van der Waals surface area (Å²) in [5, 5.41) is 16.2. The van der Waals surface area contributed by atoms with Crippen LogP contribution in [0.4, 0.5) is 0 Å². The molecule has 0 saturated heterocycles. The number of hydrogen-bond donors (Lipinski definition) is 5. The van der Waals surface area contributed by atoms with E-state index in [1.54, 1.807) is 12.6 Å². The Kier molecular flexibility index (Phi) is 16.3. The Labute approximate surface area is 306 Å². The van der Waals surface area contributed by atoms with Crippen molar-refractivity contribution in [1.29, 1.82) is 0 Å². The van der Waals surface area contributed by atoms with E-state index >= 15 is 0 Å². The molecule has 0 spiro atoms. The molecule has 0 saturated carbocycles. The lowest BCUT2D eigenvalue weighted by Crippen LogP contribution is -2.50.